The number of benzene rings is 2. The number of hydrogen-bond acceptors (Lipinski definition) is 2. The lowest BCUT2D eigenvalue weighted by atomic mass is 9.96. The molecular formula is C19H21FN2O2. The molecule has 4 nitrogen and oxygen atoms in total. The van der Waals surface area contributed by atoms with Crippen LogP contribution in [0.25, 0.3) is 0 Å². The van der Waals surface area contributed by atoms with Gasteiger partial charge in [0.25, 0.3) is 5.91 Å². The molecular weight excluding hydrogens is 307 g/mol. The molecule has 0 aromatic heterocycles. The third kappa shape index (κ3) is 5.19. The first-order valence-corrected chi connectivity index (χ1v) is 7.95. The van der Waals surface area contributed by atoms with Gasteiger partial charge < -0.3 is 10.6 Å². The zero-order valence-corrected chi connectivity index (χ0v) is 13.6. The number of nitrogens with one attached hydrogen (secondary N) is 2. The van der Waals surface area contributed by atoms with Crippen molar-refractivity contribution in [2.45, 2.75) is 19.3 Å². The van der Waals surface area contributed by atoms with Gasteiger partial charge in [0.1, 0.15) is 5.82 Å². The normalized spacial score (nSPS) is 11.6. The summed E-state index contributed by atoms with van der Waals surface area (Å²) < 4.78 is 13.1. The number of carbonyl (C=O) groups excluding carboxylic acids is 2. The molecule has 24 heavy (non-hydrogen) atoms. The van der Waals surface area contributed by atoms with Crippen LogP contribution in [-0.2, 0) is 4.79 Å². The Morgan fingerprint density at radius 1 is 1.04 bits per heavy atom. The molecule has 0 heterocycles. The molecule has 0 radical (unpaired) electrons. The summed E-state index contributed by atoms with van der Waals surface area (Å²) in [5, 5.41) is 5.31. The molecule has 0 aliphatic rings. The topological polar surface area (TPSA) is 58.2 Å². The Morgan fingerprint density at radius 2 is 1.79 bits per heavy atom. The van der Waals surface area contributed by atoms with Crippen molar-refractivity contribution in [1.82, 2.24) is 10.6 Å². The molecule has 0 saturated carbocycles. The van der Waals surface area contributed by atoms with Crippen molar-refractivity contribution in [3.63, 3.8) is 0 Å². The molecule has 0 fully saturated rings. The number of halogens is 1. The van der Waals surface area contributed by atoms with Crippen molar-refractivity contribution < 1.29 is 14.0 Å². The van der Waals surface area contributed by atoms with Crippen LogP contribution in [0.15, 0.2) is 54.6 Å². The van der Waals surface area contributed by atoms with E-state index >= 15 is 0 Å². The van der Waals surface area contributed by atoms with Crippen molar-refractivity contribution >= 4 is 11.8 Å². The SMILES string of the molecule is CC[C@@H](CNC(=O)CNC(=O)c1cccc(F)c1)c1ccccc1. The van der Waals surface area contributed by atoms with Crippen molar-refractivity contribution in [2.24, 2.45) is 0 Å². The Morgan fingerprint density at radius 3 is 2.46 bits per heavy atom. The molecule has 0 bridgehead atoms. The molecule has 2 rings (SSSR count). The fraction of sp³-hybridized carbons (Fsp3) is 0.263. The first-order valence-electron chi connectivity index (χ1n) is 7.95. The predicted molar refractivity (Wildman–Crippen MR) is 91.2 cm³/mol. The van der Waals surface area contributed by atoms with E-state index in [1.165, 1.54) is 23.8 Å². The molecule has 5 heteroatoms. The smallest absolute Gasteiger partial charge is 0.251 e. The highest BCUT2D eigenvalue weighted by Crippen LogP contribution is 2.17. The molecule has 0 saturated heterocycles. The van der Waals surface area contributed by atoms with E-state index in [1.54, 1.807) is 0 Å². The van der Waals surface area contributed by atoms with Gasteiger partial charge in [-0.25, -0.2) is 4.39 Å². The Hall–Kier alpha value is -2.69. The van der Waals surface area contributed by atoms with Gasteiger partial charge in [0.15, 0.2) is 0 Å². The molecule has 0 aliphatic heterocycles. The summed E-state index contributed by atoms with van der Waals surface area (Å²) in [7, 11) is 0. The third-order valence-corrected chi connectivity index (χ3v) is 3.81. The zero-order valence-electron chi connectivity index (χ0n) is 13.6. The summed E-state index contributed by atoms with van der Waals surface area (Å²) in [5.41, 5.74) is 1.36. The lowest BCUT2D eigenvalue weighted by molar-refractivity contribution is -0.120. The van der Waals surface area contributed by atoms with Crippen molar-refractivity contribution in [1.29, 1.82) is 0 Å². The Labute approximate surface area is 141 Å². The maximum atomic E-state index is 13.1. The lowest BCUT2D eigenvalue weighted by Gasteiger charge is -2.16. The molecule has 2 amide bonds. The van der Waals surface area contributed by atoms with Crippen LogP contribution in [0.1, 0.15) is 35.2 Å². The first-order chi connectivity index (χ1) is 11.6. The van der Waals surface area contributed by atoms with E-state index in [2.05, 4.69) is 17.6 Å². The Kier molecular flexibility index (Phi) is 6.49. The number of hydrogen-bond donors (Lipinski definition) is 2. The molecule has 2 N–H and O–H groups in total. The van der Waals surface area contributed by atoms with Crippen LogP contribution in [0.2, 0.25) is 0 Å². The van der Waals surface area contributed by atoms with E-state index in [-0.39, 0.29) is 23.9 Å². The van der Waals surface area contributed by atoms with E-state index in [1.807, 2.05) is 30.3 Å². The zero-order chi connectivity index (χ0) is 17.4. The maximum absolute atomic E-state index is 13.1. The third-order valence-electron chi connectivity index (χ3n) is 3.81. The monoisotopic (exact) mass is 328 g/mol. The highest BCUT2D eigenvalue weighted by Gasteiger charge is 2.12. The van der Waals surface area contributed by atoms with E-state index in [0.717, 1.165) is 12.5 Å². The first kappa shape index (κ1) is 17.7. The molecule has 2 aromatic rings. The van der Waals surface area contributed by atoms with Crippen molar-refractivity contribution in [3.05, 3.63) is 71.5 Å². The minimum absolute atomic E-state index is 0.138. The lowest BCUT2D eigenvalue weighted by Crippen LogP contribution is -2.38. The molecule has 126 valence electrons. The fourth-order valence-corrected chi connectivity index (χ4v) is 2.41. The summed E-state index contributed by atoms with van der Waals surface area (Å²) >= 11 is 0. The molecule has 0 spiro atoms. The fourth-order valence-electron chi connectivity index (χ4n) is 2.41. The van der Waals surface area contributed by atoms with E-state index < -0.39 is 11.7 Å². The average molecular weight is 328 g/mol. The summed E-state index contributed by atoms with van der Waals surface area (Å²) in [5.74, 6) is -0.997. The van der Waals surface area contributed by atoms with Crippen LogP contribution in [0.5, 0.6) is 0 Å². The van der Waals surface area contributed by atoms with E-state index in [9.17, 15) is 14.0 Å². The molecule has 0 unspecified atom stereocenters. The van der Waals surface area contributed by atoms with Crippen LogP contribution >= 0.6 is 0 Å². The van der Waals surface area contributed by atoms with Gasteiger partial charge in [-0.2, -0.15) is 0 Å². The standard InChI is InChI=1S/C19H21FN2O2/c1-2-14(15-7-4-3-5-8-15)12-21-18(23)13-22-19(24)16-9-6-10-17(20)11-16/h3-11,14H,2,12-13H2,1H3,(H,21,23)(H,22,24)/t14-/m0/s1. The average Bonchev–Trinajstić information content (AvgIpc) is 2.61. The van der Waals surface area contributed by atoms with Gasteiger partial charge in [-0.1, -0.05) is 43.3 Å². The van der Waals surface area contributed by atoms with Crippen LogP contribution in [0.4, 0.5) is 4.39 Å². The van der Waals surface area contributed by atoms with Crippen molar-refractivity contribution in [3.8, 4) is 0 Å². The van der Waals surface area contributed by atoms with Gasteiger partial charge >= 0.3 is 0 Å². The molecule has 2 aromatic carbocycles. The van der Waals surface area contributed by atoms with Gasteiger partial charge in [0.05, 0.1) is 6.54 Å². The quantitative estimate of drug-likeness (QED) is 0.821. The predicted octanol–water partition coefficient (Wildman–Crippen LogP) is 2.87. The van der Waals surface area contributed by atoms with Crippen LogP contribution in [0, 0.1) is 5.82 Å². The van der Waals surface area contributed by atoms with Gasteiger partial charge in [0, 0.05) is 18.0 Å². The number of amides is 2. The van der Waals surface area contributed by atoms with Crippen LogP contribution in [-0.4, -0.2) is 24.9 Å². The Bertz CT molecular complexity index is 689. The number of carbonyl (C=O) groups is 2. The molecule has 1 atom stereocenters. The summed E-state index contributed by atoms with van der Waals surface area (Å²) in [6.07, 6.45) is 0.903. The van der Waals surface area contributed by atoms with Gasteiger partial charge in [-0.05, 0) is 30.2 Å². The maximum Gasteiger partial charge on any atom is 0.251 e. The highest BCUT2D eigenvalue weighted by molar-refractivity contribution is 5.96. The van der Waals surface area contributed by atoms with Crippen LogP contribution < -0.4 is 10.6 Å². The minimum atomic E-state index is -0.485. The van der Waals surface area contributed by atoms with Crippen molar-refractivity contribution in [2.75, 3.05) is 13.1 Å². The number of rotatable bonds is 7. The second-order valence-corrected chi connectivity index (χ2v) is 5.51. The summed E-state index contributed by atoms with van der Waals surface area (Å²) in [6, 6.07) is 15.3. The summed E-state index contributed by atoms with van der Waals surface area (Å²) in [4.78, 5) is 23.8. The van der Waals surface area contributed by atoms with Crippen LogP contribution in [0.3, 0.4) is 0 Å². The highest BCUT2D eigenvalue weighted by atomic mass is 19.1. The molecule has 0 aliphatic carbocycles. The van der Waals surface area contributed by atoms with E-state index in [4.69, 9.17) is 0 Å². The largest absolute Gasteiger partial charge is 0.354 e. The van der Waals surface area contributed by atoms with Gasteiger partial charge in [-0.15, -0.1) is 0 Å². The van der Waals surface area contributed by atoms with E-state index in [0.29, 0.717) is 6.54 Å². The Balaban J connectivity index is 1.80. The summed E-state index contributed by atoms with van der Waals surface area (Å²) in [6.45, 7) is 2.44. The van der Waals surface area contributed by atoms with Gasteiger partial charge in [0.2, 0.25) is 5.91 Å². The second kappa shape index (κ2) is 8.82. The van der Waals surface area contributed by atoms with Gasteiger partial charge in [-0.3, -0.25) is 9.59 Å². The second-order valence-electron chi connectivity index (χ2n) is 5.51. The minimum Gasteiger partial charge on any atom is -0.354 e.